The Hall–Kier alpha value is -4.00. The minimum atomic E-state index is 0. The van der Waals surface area contributed by atoms with Crippen LogP contribution >= 0.6 is 0 Å². The van der Waals surface area contributed by atoms with Crippen molar-refractivity contribution in [3.8, 4) is 0 Å². The van der Waals surface area contributed by atoms with Crippen molar-refractivity contribution >= 4 is 5.78 Å². The Morgan fingerprint density at radius 2 is 0.722 bits per heavy atom. The predicted molar refractivity (Wildman–Crippen MR) is 142 cm³/mol. The number of carbonyl (C=O) groups is 1. The largest absolute Gasteiger partial charge is 0.333 e. The van der Waals surface area contributed by atoms with Crippen LogP contribution in [0.2, 0.25) is 0 Å². The fraction of sp³-hybridized carbons (Fsp3) is 0. The molecule has 0 saturated heterocycles. The molecule has 0 unspecified atom stereocenters. The number of hydrogen-bond donors (Lipinski definition) is 0. The molecule has 36 heavy (non-hydrogen) atoms. The van der Waals surface area contributed by atoms with E-state index in [0.717, 1.165) is 45.9 Å². The van der Waals surface area contributed by atoms with E-state index in [9.17, 15) is 4.79 Å². The predicted octanol–water partition coefficient (Wildman–Crippen LogP) is 7.46. The zero-order valence-corrected chi connectivity index (χ0v) is 21.3. The third-order valence-corrected chi connectivity index (χ3v) is 6.01. The number of Topliss-reactive ketones (excluding diaryl/α,β-unsaturated/α-hetero) is 1. The summed E-state index contributed by atoms with van der Waals surface area (Å²) in [5.41, 5.74) is 3.99. The first-order chi connectivity index (χ1) is 17.3. The van der Waals surface area contributed by atoms with Gasteiger partial charge in [0.2, 0.25) is 0 Å². The van der Waals surface area contributed by atoms with E-state index in [1.165, 1.54) is 0 Å². The molecular formula is C34H25ORh-5. The minimum absolute atomic E-state index is 0. The van der Waals surface area contributed by atoms with Crippen molar-refractivity contribution in [1.29, 1.82) is 0 Å². The molecule has 0 amide bonds. The average molecular weight is 552 g/mol. The van der Waals surface area contributed by atoms with Gasteiger partial charge >= 0.3 is 0 Å². The van der Waals surface area contributed by atoms with Gasteiger partial charge in [0.25, 0.3) is 0 Å². The Morgan fingerprint density at radius 1 is 0.417 bits per heavy atom. The molecule has 0 heterocycles. The van der Waals surface area contributed by atoms with Crippen LogP contribution in [0.4, 0.5) is 0 Å². The first kappa shape index (κ1) is 25.1. The van der Waals surface area contributed by atoms with Gasteiger partial charge < -0.3 is 4.79 Å². The molecule has 1 nitrogen and oxygen atoms in total. The van der Waals surface area contributed by atoms with Crippen molar-refractivity contribution in [1.82, 2.24) is 0 Å². The molecule has 5 aromatic rings. The smallest absolute Gasteiger partial charge is 0.00901 e. The van der Waals surface area contributed by atoms with Crippen LogP contribution in [-0.2, 0) is 24.3 Å². The van der Waals surface area contributed by atoms with Crippen LogP contribution in [-0.4, -0.2) is 5.78 Å². The second-order valence-electron chi connectivity index (χ2n) is 8.26. The topological polar surface area (TPSA) is 17.1 Å². The van der Waals surface area contributed by atoms with Crippen molar-refractivity contribution in [2.45, 2.75) is 0 Å². The Balaban J connectivity index is 0.000000455. The van der Waals surface area contributed by atoms with Gasteiger partial charge in [-0.2, -0.15) is 48.4 Å². The van der Waals surface area contributed by atoms with Crippen LogP contribution in [0.25, 0.3) is 0 Å². The summed E-state index contributed by atoms with van der Waals surface area (Å²) in [6, 6.07) is 50.5. The maximum Gasteiger partial charge on any atom is 0.00901 e. The zero-order chi connectivity index (χ0) is 23.9. The van der Waals surface area contributed by atoms with E-state index >= 15 is 0 Å². The van der Waals surface area contributed by atoms with Gasteiger partial charge in [-0.25, -0.2) is 41.3 Å². The zero-order valence-electron chi connectivity index (χ0n) is 19.7. The summed E-state index contributed by atoms with van der Waals surface area (Å²) < 4.78 is 0. The van der Waals surface area contributed by atoms with Gasteiger partial charge in [0, 0.05) is 25.3 Å². The number of benzene rings is 4. The minimum Gasteiger partial charge on any atom is -0.333 e. The molecule has 1 aliphatic rings. The molecule has 0 aliphatic heterocycles. The molecule has 181 valence electrons. The average Bonchev–Trinajstić information content (AvgIpc) is 3.61. The van der Waals surface area contributed by atoms with E-state index < -0.39 is 0 Å². The van der Waals surface area contributed by atoms with Crippen molar-refractivity contribution in [3.63, 3.8) is 0 Å². The second kappa shape index (κ2) is 12.1. The summed E-state index contributed by atoms with van der Waals surface area (Å²) in [5.74, 6) is 3.60. The SMILES string of the molecule is O=C1[C-](c2ccccc2)[C-](c2ccccc2)[C-](c2ccccc2)[C-]1c1ccccc1.[Rh].c1cc[cH-]c1. The summed E-state index contributed by atoms with van der Waals surface area (Å²) in [6.45, 7) is 0. The van der Waals surface area contributed by atoms with Crippen LogP contribution in [0.5, 0.6) is 0 Å². The fourth-order valence-corrected chi connectivity index (χ4v) is 4.47. The van der Waals surface area contributed by atoms with Gasteiger partial charge in [-0.15, -0.1) is 42.0 Å². The number of rotatable bonds is 4. The van der Waals surface area contributed by atoms with Crippen LogP contribution in [0.15, 0.2) is 152 Å². The van der Waals surface area contributed by atoms with Gasteiger partial charge in [-0.05, 0) is 0 Å². The van der Waals surface area contributed by atoms with Crippen molar-refractivity contribution in [3.05, 3.63) is 198 Å². The van der Waals surface area contributed by atoms with Crippen molar-refractivity contribution < 1.29 is 24.3 Å². The standard InChI is InChI=1S/C29H20O.C5H5.Rh/c30-29-27(23-17-9-3-10-18-23)25(21-13-5-1-6-14-21)26(22-15-7-2-8-16-22)28(29)24-19-11-4-12-20-24;1-2-4-5-3-1;/h1-20H;1-5H;/q-4;-1;. The van der Waals surface area contributed by atoms with Gasteiger partial charge in [0.1, 0.15) is 0 Å². The maximum absolute atomic E-state index is 14.0. The number of carbonyl (C=O) groups excluding carboxylic acids is 1. The molecule has 5 aromatic carbocycles. The third-order valence-electron chi connectivity index (χ3n) is 6.01. The van der Waals surface area contributed by atoms with Gasteiger partial charge in [-0.1, -0.05) is 48.5 Å². The van der Waals surface area contributed by atoms with Crippen LogP contribution in [0.1, 0.15) is 22.3 Å². The van der Waals surface area contributed by atoms with Gasteiger partial charge in [-0.3, -0.25) is 17.4 Å². The van der Waals surface area contributed by atoms with E-state index in [0.29, 0.717) is 0 Å². The summed E-state index contributed by atoms with van der Waals surface area (Å²) in [4.78, 5) is 14.0. The van der Waals surface area contributed by atoms with E-state index in [4.69, 9.17) is 0 Å². The summed E-state index contributed by atoms with van der Waals surface area (Å²) in [5, 5.41) is 0. The molecule has 0 N–H and O–H groups in total. The first-order valence-corrected chi connectivity index (χ1v) is 11.8. The normalized spacial score (nSPS) is 12.6. The maximum atomic E-state index is 14.0. The number of hydrogen-bond acceptors (Lipinski definition) is 1. The monoisotopic (exact) mass is 552 g/mol. The Bertz CT molecular complexity index is 1190. The third kappa shape index (κ3) is 5.30. The number of ketones is 1. The Kier molecular flexibility index (Phi) is 8.45. The summed E-state index contributed by atoms with van der Waals surface area (Å²) in [7, 11) is 0. The molecular weight excluding hydrogens is 527 g/mol. The van der Waals surface area contributed by atoms with E-state index in [2.05, 4.69) is 24.3 Å². The van der Waals surface area contributed by atoms with E-state index in [-0.39, 0.29) is 25.3 Å². The van der Waals surface area contributed by atoms with E-state index in [1.54, 1.807) is 0 Å². The van der Waals surface area contributed by atoms with Gasteiger partial charge in [0.15, 0.2) is 0 Å². The molecule has 1 saturated carbocycles. The molecule has 0 atom stereocenters. The van der Waals surface area contributed by atoms with Crippen molar-refractivity contribution in [2.75, 3.05) is 0 Å². The fourth-order valence-electron chi connectivity index (χ4n) is 4.47. The summed E-state index contributed by atoms with van der Waals surface area (Å²) >= 11 is 0. The van der Waals surface area contributed by atoms with Crippen LogP contribution in [0, 0.1) is 23.7 Å². The molecule has 0 bridgehead atoms. The first-order valence-electron chi connectivity index (χ1n) is 11.8. The van der Waals surface area contributed by atoms with Crippen molar-refractivity contribution in [2.24, 2.45) is 0 Å². The molecule has 1 radical (unpaired) electrons. The quantitative estimate of drug-likeness (QED) is 0.167. The Morgan fingerprint density at radius 3 is 1.00 bits per heavy atom. The van der Waals surface area contributed by atoms with E-state index in [1.807, 2.05) is 127 Å². The molecule has 2 heteroatoms. The second-order valence-corrected chi connectivity index (χ2v) is 8.26. The molecule has 6 rings (SSSR count). The molecule has 0 aromatic heterocycles. The summed E-state index contributed by atoms with van der Waals surface area (Å²) in [6.07, 6.45) is 0. The molecule has 1 fully saturated rings. The Labute approximate surface area is 227 Å². The molecule has 0 spiro atoms. The van der Waals surface area contributed by atoms with Crippen LogP contribution in [0.3, 0.4) is 0 Å². The van der Waals surface area contributed by atoms with Gasteiger partial charge in [0.05, 0.1) is 0 Å². The van der Waals surface area contributed by atoms with Crippen LogP contribution < -0.4 is 0 Å². The molecule has 1 aliphatic carbocycles.